The molecular weight excluding hydrogens is 308 g/mol. The first-order chi connectivity index (χ1) is 10.0. The predicted molar refractivity (Wildman–Crippen MR) is 87.4 cm³/mol. The Kier molecular flexibility index (Phi) is 12.2. The number of thioether (sulfide) groups is 1. The van der Waals surface area contributed by atoms with Gasteiger partial charge in [0.1, 0.15) is 0 Å². The van der Waals surface area contributed by atoms with Crippen LogP contribution < -0.4 is 0 Å². The van der Waals surface area contributed by atoms with Crippen molar-refractivity contribution in [2.75, 3.05) is 25.6 Å². The molecular formula is C14H28O5SSi. The van der Waals surface area contributed by atoms with Gasteiger partial charge >= 0.3 is 8.80 Å². The van der Waals surface area contributed by atoms with Crippen molar-refractivity contribution >= 4 is 31.5 Å². The molecule has 0 aliphatic heterocycles. The van der Waals surface area contributed by atoms with Gasteiger partial charge in [0.2, 0.25) is 5.78 Å². The highest BCUT2D eigenvalue weighted by Gasteiger charge is 2.39. The fourth-order valence-corrected chi connectivity index (χ4v) is 5.47. The van der Waals surface area contributed by atoms with Crippen LogP contribution in [0.15, 0.2) is 0 Å². The minimum absolute atomic E-state index is 0.287. The van der Waals surface area contributed by atoms with Crippen LogP contribution in [0.2, 0.25) is 6.04 Å². The highest BCUT2D eigenvalue weighted by molar-refractivity contribution is 8.15. The minimum atomic E-state index is -2.62. The van der Waals surface area contributed by atoms with Gasteiger partial charge in [0.15, 0.2) is 0 Å². The maximum Gasteiger partial charge on any atom is 0.500 e. The van der Waals surface area contributed by atoms with Crippen molar-refractivity contribution < 1.29 is 22.9 Å². The molecule has 0 atom stereocenters. The first kappa shape index (κ1) is 20.8. The number of hydrogen-bond donors (Lipinski definition) is 0. The Hall–Kier alpha value is -0.213. The summed E-state index contributed by atoms with van der Waals surface area (Å²) in [6.07, 6.45) is 1.78. The predicted octanol–water partition coefficient (Wildman–Crippen LogP) is 3.05. The van der Waals surface area contributed by atoms with Crippen molar-refractivity contribution in [1.82, 2.24) is 0 Å². The van der Waals surface area contributed by atoms with Crippen molar-refractivity contribution in [2.45, 2.75) is 53.0 Å². The summed E-state index contributed by atoms with van der Waals surface area (Å²) in [7, 11) is -2.62. The van der Waals surface area contributed by atoms with Crippen LogP contribution in [0.5, 0.6) is 0 Å². The normalized spacial score (nSPS) is 11.6. The lowest BCUT2D eigenvalue weighted by Crippen LogP contribution is -2.46. The molecule has 0 amide bonds. The van der Waals surface area contributed by atoms with Gasteiger partial charge in [0.05, 0.1) is 0 Å². The fraction of sp³-hybridized carbons (Fsp3) is 0.857. The maximum absolute atomic E-state index is 11.6. The van der Waals surface area contributed by atoms with Crippen molar-refractivity contribution in [2.24, 2.45) is 0 Å². The molecule has 5 nitrogen and oxygen atoms in total. The van der Waals surface area contributed by atoms with Crippen LogP contribution >= 0.6 is 11.8 Å². The third kappa shape index (κ3) is 8.72. The quantitative estimate of drug-likeness (QED) is 0.293. The van der Waals surface area contributed by atoms with Crippen molar-refractivity contribution in [3.8, 4) is 0 Å². The number of hydrogen-bond acceptors (Lipinski definition) is 6. The van der Waals surface area contributed by atoms with E-state index in [-0.39, 0.29) is 10.9 Å². The average molecular weight is 337 g/mol. The Morgan fingerprint density at radius 1 is 0.952 bits per heavy atom. The molecule has 7 heteroatoms. The molecule has 0 aromatic rings. The van der Waals surface area contributed by atoms with E-state index in [0.717, 1.165) is 18.2 Å². The van der Waals surface area contributed by atoms with Gasteiger partial charge in [0.25, 0.3) is 5.12 Å². The van der Waals surface area contributed by atoms with Crippen molar-refractivity contribution in [1.29, 1.82) is 0 Å². The Morgan fingerprint density at radius 3 is 1.90 bits per heavy atom. The van der Waals surface area contributed by atoms with Gasteiger partial charge in [0, 0.05) is 38.0 Å². The molecule has 0 saturated carbocycles. The summed E-state index contributed by atoms with van der Waals surface area (Å²) >= 11 is 1.09. The molecule has 0 fully saturated rings. The summed E-state index contributed by atoms with van der Waals surface area (Å²) in [5.41, 5.74) is 0. The number of carbonyl (C=O) groups excluding carboxylic acids is 2. The second-order valence-corrected chi connectivity index (χ2v) is 8.19. The topological polar surface area (TPSA) is 61.8 Å². The van der Waals surface area contributed by atoms with Gasteiger partial charge < -0.3 is 13.3 Å². The highest BCUT2D eigenvalue weighted by atomic mass is 32.2. The Balaban J connectivity index is 4.23. The van der Waals surface area contributed by atoms with E-state index >= 15 is 0 Å². The molecule has 0 aromatic carbocycles. The van der Waals surface area contributed by atoms with Crippen molar-refractivity contribution in [3.63, 3.8) is 0 Å². The van der Waals surface area contributed by atoms with Gasteiger partial charge in [-0.1, -0.05) is 18.7 Å². The number of carbonyl (C=O) groups is 2. The van der Waals surface area contributed by atoms with E-state index in [1.807, 2.05) is 27.7 Å². The van der Waals surface area contributed by atoms with Crippen LogP contribution in [0.25, 0.3) is 0 Å². The van der Waals surface area contributed by atoms with E-state index < -0.39 is 8.80 Å². The Labute approximate surface area is 133 Å². The van der Waals surface area contributed by atoms with Gasteiger partial charge in [-0.15, -0.1) is 0 Å². The summed E-state index contributed by atoms with van der Waals surface area (Å²) in [5, 5.41) is -0.339. The number of Topliss-reactive ketones (excluding diaryl/α,β-unsaturated/α-hetero) is 1. The lowest BCUT2D eigenvalue weighted by atomic mass is 10.2. The molecule has 0 N–H and O–H groups in total. The monoisotopic (exact) mass is 336 g/mol. The molecule has 0 saturated heterocycles. The third-order valence-electron chi connectivity index (χ3n) is 2.66. The van der Waals surface area contributed by atoms with Crippen LogP contribution in [-0.2, 0) is 22.9 Å². The maximum atomic E-state index is 11.6. The molecule has 0 aliphatic rings. The van der Waals surface area contributed by atoms with Gasteiger partial charge in [-0.25, -0.2) is 0 Å². The molecule has 21 heavy (non-hydrogen) atoms. The smallest absolute Gasteiger partial charge is 0.374 e. The summed E-state index contributed by atoms with van der Waals surface area (Å²) < 4.78 is 17.2. The summed E-state index contributed by atoms with van der Waals surface area (Å²) in [4.78, 5) is 23.0. The lowest BCUT2D eigenvalue weighted by Gasteiger charge is -2.28. The zero-order chi connectivity index (χ0) is 16.1. The van der Waals surface area contributed by atoms with Crippen LogP contribution in [0.4, 0.5) is 0 Å². The van der Waals surface area contributed by atoms with Gasteiger partial charge in [-0.05, 0) is 33.6 Å². The molecule has 0 aliphatic carbocycles. The first-order valence-electron chi connectivity index (χ1n) is 7.66. The van der Waals surface area contributed by atoms with E-state index in [4.69, 9.17) is 13.3 Å². The third-order valence-corrected chi connectivity index (χ3v) is 6.79. The van der Waals surface area contributed by atoms with E-state index in [9.17, 15) is 9.59 Å². The molecule has 0 unspecified atom stereocenters. The molecule has 0 spiro atoms. The second kappa shape index (κ2) is 12.3. The lowest BCUT2D eigenvalue weighted by molar-refractivity contribution is -0.131. The summed E-state index contributed by atoms with van der Waals surface area (Å²) in [5.74, 6) is 0.307. The standard InChI is InChI=1S/C14H28O5SSi/c1-5-10-13(15)14(16)20-11-9-12-21(17-6-2,18-7-3)19-8-4/h5-12H2,1-4H3. The summed E-state index contributed by atoms with van der Waals surface area (Å²) in [6, 6.07) is 0.671. The molecule has 0 aromatic heterocycles. The van der Waals surface area contributed by atoms with Crippen LogP contribution in [0, 0.1) is 0 Å². The summed E-state index contributed by atoms with van der Waals surface area (Å²) in [6.45, 7) is 9.29. The van der Waals surface area contributed by atoms with Crippen LogP contribution in [0.1, 0.15) is 47.0 Å². The molecule has 0 rings (SSSR count). The number of rotatable bonds is 13. The Bertz CT molecular complexity index is 295. The molecule has 0 radical (unpaired) electrons. The van der Waals surface area contributed by atoms with Gasteiger partial charge in [-0.2, -0.15) is 0 Å². The molecule has 0 heterocycles. The molecule has 0 bridgehead atoms. The number of ketones is 1. The Morgan fingerprint density at radius 2 is 1.48 bits per heavy atom. The SMILES string of the molecule is CCCC(=O)C(=O)SCCC[Si](OCC)(OCC)OCC. The van der Waals surface area contributed by atoms with E-state index in [1.54, 1.807) is 0 Å². The van der Waals surface area contributed by atoms with Gasteiger partial charge in [-0.3, -0.25) is 9.59 Å². The minimum Gasteiger partial charge on any atom is -0.374 e. The average Bonchev–Trinajstić information content (AvgIpc) is 2.44. The van der Waals surface area contributed by atoms with E-state index in [1.165, 1.54) is 0 Å². The zero-order valence-corrected chi connectivity index (χ0v) is 15.4. The zero-order valence-electron chi connectivity index (χ0n) is 13.6. The first-order valence-corrected chi connectivity index (χ1v) is 10.6. The second-order valence-electron chi connectivity index (χ2n) is 4.39. The van der Waals surface area contributed by atoms with Crippen LogP contribution in [-0.4, -0.2) is 45.3 Å². The van der Waals surface area contributed by atoms with Crippen LogP contribution in [0.3, 0.4) is 0 Å². The fourth-order valence-electron chi connectivity index (χ4n) is 1.86. The largest absolute Gasteiger partial charge is 0.500 e. The van der Waals surface area contributed by atoms with E-state index in [2.05, 4.69) is 0 Å². The van der Waals surface area contributed by atoms with E-state index in [0.29, 0.717) is 44.5 Å². The highest BCUT2D eigenvalue weighted by Crippen LogP contribution is 2.20. The van der Waals surface area contributed by atoms with Crippen molar-refractivity contribution in [3.05, 3.63) is 0 Å². The molecule has 124 valence electrons.